The lowest BCUT2D eigenvalue weighted by Crippen LogP contribution is -2.47. The first-order chi connectivity index (χ1) is 20.6. The van der Waals surface area contributed by atoms with E-state index in [0.717, 1.165) is 0 Å². The normalized spacial score (nSPS) is 12.5. The molecule has 0 unspecified atom stereocenters. The van der Waals surface area contributed by atoms with Gasteiger partial charge in [-0.2, -0.15) is 0 Å². The fourth-order valence-corrected chi connectivity index (χ4v) is 3.90. The molecule has 1 rings (SSSR count). The van der Waals surface area contributed by atoms with Gasteiger partial charge in [-0.05, 0) is 42.9 Å². The van der Waals surface area contributed by atoms with Crippen LogP contribution in [0.4, 0.5) is 10.5 Å². The van der Waals surface area contributed by atoms with Crippen LogP contribution in [-0.4, -0.2) is 94.3 Å². The molecule has 0 aromatic heterocycles. The van der Waals surface area contributed by atoms with E-state index in [2.05, 4.69) is 16.0 Å². The van der Waals surface area contributed by atoms with Crippen LogP contribution in [0.25, 0.3) is 0 Å². The number of carbonyl (C=O) groups is 4. The van der Waals surface area contributed by atoms with E-state index in [1.165, 1.54) is 0 Å². The third kappa shape index (κ3) is 18.8. The molecular weight excluding hydrogens is 562 g/mol. The highest BCUT2D eigenvalue weighted by atomic mass is 16.6. The van der Waals surface area contributed by atoms with E-state index < -0.39 is 18.0 Å². The fraction of sp³-hybridized carbons (Fsp3) is 0.655. The van der Waals surface area contributed by atoms with Crippen molar-refractivity contribution in [2.45, 2.75) is 52.2 Å². The highest BCUT2D eigenvalue weighted by molar-refractivity contribution is 5.97. The van der Waals surface area contributed by atoms with E-state index >= 15 is 0 Å². The molecule has 0 radical (unpaired) electrons. The molecular formula is C29H49N5O9. The smallest absolute Gasteiger partial charge is 0.312 e. The van der Waals surface area contributed by atoms with Crippen molar-refractivity contribution in [3.8, 4) is 0 Å². The maximum Gasteiger partial charge on any atom is 0.312 e. The number of rotatable bonds is 25. The second-order valence-corrected chi connectivity index (χ2v) is 10.1. The molecule has 0 saturated carbocycles. The van der Waals surface area contributed by atoms with Gasteiger partial charge in [-0.3, -0.25) is 14.4 Å². The van der Waals surface area contributed by atoms with E-state index in [1.54, 1.807) is 24.3 Å². The predicted octanol–water partition coefficient (Wildman–Crippen LogP) is 0.655. The molecule has 14 heteroatoms. The number of ether oxygens (including phenoxy) is 4. The molecule has 0 bridgehead atoms. The number of aliphatic hydroxyl groups is 1. The summed E-state index contributed by atoms with van der Waals surface area (Å²) in [4.78, 5) is 47.9. The first-order valence-corrected chi connectivity index (χ1v) is 14.6. The lowest BCUT2D eigenvalue weighted by molar-refractivity contribution is -0.131. The summed E-state index contributed by atoms with van der Waals surface area (Å²) in [6.07, 6.45) is 1.36. The van der Waals surface area contributed by atoms with E-state index in [9.17, 15) is 24.3 Å². The average Bonchev–Trinajstić information content (AvgIpc) is 2.96. The Morgan fingerprint density at radius 1 is 0.791 bits per heavy atom. The van der Waals surface area contributed by atoms with Crippen molar-refractivity contribution in [2.24, 2.45) is 23.3 Å². The van der Waals surface area contributed by atoms with Gasteiger partial charge in [0.25, 0.3) is 0 Å². The summed E-state index contributed by atoms with van der Waals surface area (Å²) in [5.41, 5.74) is 11.4. The minimum Gasteiger partial charge on any atom is -0.392 e. The van der Waals surface area contributed by atoms with Crippen molar-refractivity contribution >= 4 is 29.4 Å². The molecule has 0 heterocycles. The van der Waals surface area contributed by atoms with Gasteiger partial charge in [0.2, 0.25) is 17.7 Å². The minimum absolute atomic E-state index is 0.00281. The van der Waals surface area contributed by atoms with Crippen LogP contribution in [0.5, 0.6) is 0 Å². The Labute approximate surface area is 253 Å². The molecule has 14 nitrogen and oxygen atoms in total. The quantitative estimate of drug-likeness (QED) is 0.0855. The zero-order chi connectivity index (χ0) is 31.9. The lowest BCUT2D eigenvalue weighted by Gasteiger charge is -2.24. The highest BCUT2D eigenvalue weighted by Gasteiger charge is 2.27. The molecule has 5 amide bonds. The number of primary amides is 2. The third-order valence-electron chi connectivity index (χ3n) is 6.33. The Morgan fingerprint density at radius 3 is 1.86 bits per heavy atom. The summed E-state index contributed by atoms with van der Waals surface area (Å²) in [5, 5.41) is 17.4. The number of benzene rings is 1. The number of carbonyl (C=O) groups excluding carboxylic acids is 4. The van der Waals surface area contributed by atoms with Crippen molar-refractivity contribution in [2.75, 3.05) is 64.7 Å². The first-order valence-electron chi connectivity index (χ1n) is 14.6. The SMILES string of the molecule is CC(C)[C@H](CCOCCOCCOCCOCCC(N)=O)C(=O)N[C@@H](CCCNC(N)=O)C(=O)Nc1ccc(CO)cc1. The molecule has 8 N–H and O–H groups in total. The summed E-state index contributed by atoms with van der Waals surface area (Å²) in [6, 6.07) is 5.25. The van der Waals surface area contributed by atoms with Gasteiger partial charge in [0.1, 0.15) is 6.04 Å². The number of nitrogens with one attached hydrogen (secondary N) is 3. The lowest BCUT2D eigenvalue weighted by atomic mass is 9.91. The summed E-state index contributed by atoms with van der Waals surface area (Å²) in [6.45, 7) is 6.93. The van der Waals surface area contributed by atoms with E-state index in [-0.39, 0.29) is 56.3 Å². The Morgan fingerprint density at radius 2 is 1.35 bits per heavy atom. The van der Waals surface area contributed by atoms with Crippen molar-refractivity contribution in [3.63, 3.8) is 0 Å². The van der Waals surface area contributed by atoms with Crippen LogP contribution < -0.4 is 27.4 Å². The second kappa shape index (κ2) is 23.2. The number of hydrogen-bond acceptors (Lipinski definition) is 9. The van der Waals surface area contributed by atoms with Crippen molar-refractivity contribution in [1.82, 2.24) is 10.6 Å². The topological polar surface area (TPSA) is 214 Å². The van der Waals surface area contributed by atoms with Gasteiger partial charge in [-0.1, -0.05) is 26.0 Å². The molecule has 0 aliphatic heterocycles. The maximum atomic E-state index is 13.2. The molecule has 0 aliphatic carbocycles. The van der Waals surface area contributed by atoms with Crippen LogP contribution in [0.3, 0.4) is 0 Å². The number of nitrogens with two attached hydrogens (primary N) is 2. The van der Waals surface area contributed by atoms with E-state index in [1.807, 2.05) is 13.8 Å². The predicted molar refractivity (Wildman–Crippen MR) is 160 cm³/mol. The maximum absolute atomic E-state index is 13.2. The van der Waals surface area contributed by atoms with Gasteiger partial charge < -0.3 is 51.5 Å². The van der Waals surface area contributed by atoms with Crippen LogP contribution in [0, 0.1) is 11.8 Å². The Kier molecular flexibility index (Phi) is 20.3. The standard InChI is InChI=1S/C29H49N5O9/c1-21(2)24(9-12-40-14-16-42-18-19-43-17-15-41-13-10-26(30)36)27(37)34-25(4-3-11-32-29(31)39)28(38)33-23-7-5-22(20-35)6-8-23/h5-8,21,24-25,35H,3-4,9-20H2,1-2H3,(H2,30,36)(H,33,38)(H,34,37)(H3,31,32,39)/t24-,25-/m0/s1. The highest BCUT2D eigenvalue weighted by Crippen LogP contribution is 2.17. The summed E-state index contributed by atoms with van der Waals surface area (Å²) >= 11 is 0. The molecule has 244 valence electrons. The zero-order valence-corrected chi connectivity index (χ0v) is 25.3. The largest absolute Gasteiger partial charge is 0.392 e. The van der Waals surface area contributed by atoms with Gasteiger partial charge >= 0.3 is 6.03 Å². The van der Waals surface area contributed by atoms with Gasteiger partial charge in [0, 0.05) is 31.2 Å². The van der Waals surface area contributed by atoms with Crippen LogP contribution >= 0.6 is 0 Å². The average molecular weight is 612 g/mol. The van der Waals surface area contributed by atoms with Crippen LogP contribution in [-0.2, 0) is 39.9 Å². The number of aliphatic hydroxyl groups excluding tert-OH is 1. The molecule has 1 aromatic carbocycles. The molecule has 0 fully saturated rings. The van der Waals surface area contributed by atoms with E-state index in [4.69, 9.17) is 30.4 Å². The molecule has 0 spiro atoms. The van der Waals surface area contributed by atoms with Crippen molar-refractivity contribution < 1.29 is 43.2 Å². The van der Waals surface area contributed by atoms with Gasteiger partial charge in [-0.15, -0.1) is 0 Å². The fourth-order valence-electron chi connectivity index (χ4n) is 3.90. The van der Waals surface area contributed by atoms with Crippen molar-refractivity contribution in [1.29, 1.82) is 0 Å². The van der Waals surface area contributed by atoms with Gasteiger partial charge in [0.15, 0.2) is 0 Å². The Hall–Kier alpha value is -3.30. The summed E-state index contributed by atoms with van der Waals surface area (Å²) < 4.78 is 21.7. The van der Waals surface area contributed by atoms with E-state index in [0.29, 0.717) is 70.3 Å². The molecule has 43 heavy (non-hydrogen) atoms. The van der Waals surface area contributed by atoms with Gasteiger partial charge in [-0.25, -0.2) is 4.79 Å². The molecule has 0 saturated heterocycles. The Bertz CT molecular complexity index is 947. The van der Waals surface area contributed by atoms with Crippen LogP contribution in [0.1, 0.15) is 45.1 Å². The number of urea groups is 1. The first kappa shape index (κ1) is 37.7. The number of amides is 5. The monoisotopic (exact) mass is 611 g/mol. The molecule has 1 aromatic rings. The number of hydrogen-bond donors (Lipinski definition) is 6. The minimum atomic E-state index is -0.834. The number of anilines is 1. The van der Waals surface area contributed by atoms with Crippen molar-refractivity contribution in [3.05, 3.63) is 29.8 Å². The zero-order valence-electron chi connectivity index (χ0n) is 25.3. The van der Waals surface area contributed by atoms with Gasteiger partial charge in [0.05, 0.1) is 52.9 Å². The third-order valence-corrected chi connectivity index (χ3v) is 6.33. The summed E-state index contributed by atoms with van der Waals surface area (Å²) in [7, 11) is 0. The Balaban J connectivity index is 2.43. The summed E-state index contributed by atoms with van der Waals surface area (Å²) in [5.74, 6) is -1.44. The second-order valence-electron chi connectivity index (χ2n) is 10.1. The van der Waals surface area contributed by atoms with Crippen LogP contribution in [0.15, 0.2) is 24.3 Å². The molecule has 2 atom stereocenters. The van der Waals surface area contributed by atoms with Crippen LogP contribution in [0.2, 0.25) is 0 Å². The molecule has 0 aliphatic rings.